The van der Waals surface area contributed by atoms with E-state index in [0.717, 1.165) is 31.2 Å². The number of carbonyl (C=O) groups excluding carboxylic acids is 2. The molecule has 1 aliphatic heterocycles. The van der Waals surface area contributed by atoms with Crippen molar-refractivity contribution in [2.75, 3.05) is 4.90 Å². The Morgan fingerprint density at radius 3 is 2.62 bits per heavy atom. The fourth-order valence-corrected chi connectivity index (χ4v) is 4.99. The number of para-hydroxylation sites is 2. The molecule has 1 saturated heterocycles. The number of amides is 1. The SMILES string of the molecule is O=C1C(=O)N(c2nc3ccccc3[nH]2)C(c2cccnc2)/C1=C(\O)c1ccc2c(c1)CCCC2. The molecule has 7 nitrogen and oxygen atoms in total. The lowest BCUT2D eigenvalue weighted by Gasteiger charge is -2.23. The molecular formula is C27H22N4O3. The standard InChI is InChI=1S/C27H22N4O3/c32-24(18-12-11-16-6-1-2-7-17(16)14-18)22-23(19-8-5-13-28-15-19)31(26(34)25(22)33)27-29-20-9-3-4-10-21(20)30-27/h3-5,8-15,23,32H,1-2,6-7H2,(H,29,30)/b24-22+. The van der Waals surface area contributed by atoms with Crippen molar-refractivity contribution in [2.24, 2.45) is 0 Å². The molecule has 168 valence electrons. The predicted molar refractivity (Wildman–Crippen MR) is 128 cm³/mol. The van der Waals surface area contributed by atoms with E-state index >= 15 is 0 Å². The lowest BCUT2D eigenvalue weighted by Crippen LogP contribution is -2.30. The molecule has 0 saturated carbocycles. The molecule has 1 fully saturated rings. The molecule has 2 N–H and O–H groups in total. The topological polar surface area (TPSA) is 99.2 Å². The first-order chi connectivity index (χ1) is 16.6. The summed E-state index contributed by atoms with van der Waals surface area (Å²) in [4.78, 5) is 39.8. The van der Waals surface area contributed by atoms with E-state index < -0.39 is 17.7 Å². The number of imidazole rings is 1. The Labute approximate surface area is 195 Å². The second-order valence-corrected chi connectivity index (χ2v) is 8.72. The minimum absolute atomic E-state index is 0.0363. The smallest absolute Gasteiger partial charge is 0.302 e. The summed E-state index contributed by atoms with van der Waals surface area (Å²) >= 11 is 0. The number of rotatable bonds is 3. The molecule has 6 rings (SSSR count). The number of carbonyl (C=O) groups is 2. The molecule has 0 radical (unpaired) electrons. The largest absolute Gasteiger partial charge is 0.507 e. The Bertz CT molecular complexity index is 1440. The van der Waals surface area contributed by atoms with E-state index in [9.17, 15) is 14.7 Å². The number of nitrogens with zero attached hydrogens (tertiary/aromatic N) is 3. The Hall–Kier alpha value is -4.26. The Morgan fingerprint density at radius 1 is 1.00 bits per heavy atom. The van der Waals surface area contributed by atoms with Crippen LogP contribution >= 0.6 is 0 Å². The minimum Gasteiger partial charge on any atom is -0.507 e. The van der Waals surface area contributed by atoms with Gasteiger partial charge in [-0.2, -0.15) is 0 Å². The van der Waals surface area contributed by atoms with Gasteiger partial charge in [0.15, 0.2) is 0 Å². The van der Waals surface area contributed by atoms with Gasteiger partial charge < -0.3 is 10.1 Å². The van der Waals surface area contributed by atoms with E-state index in [1.165, 1.54) is 16.0 Å². The van der Waals surface area contributed by atoms with Gasteiger partial charge in [-0.05, 0) is 66.6 Å². The van der Waals surface area contributed by atoms with Crippen LogP contribution in [0, 0.1) is 0 Å². The van der Waals surface area contributed by atoms with Gasteiger partial charge in [-0.15, -0.1) is 0 Å². The van der Waals surface area contributed by atoms with Crippen molar-refractivity contribution in [3.63, 3.8) is 0 Å². The second-order valence-electron chi connectivity index (χ2n) is 8.72. The zero-order valence-electron chi connectivity index (χ0n) is 18.4. The number of aromatic nitrogens is 3. The van der Waals surface area contributed by atoms with Crippen molar-refractivity contribution in [2.45, 2.75) is 31.7 Å². The number of ketones is 1. The van der Waals surface area contributed by atoms with Gasteiger partial charge >= 0.3 is 5.91 Å². The average molecular weight is 450 g/mol. The van der Waals surface area contributed by atoms with Crippen molar-refractivity contribution in [1.29, 1.82) is 0 Å². The molecule has 1 unspecified atom stereocenters. The highest BCUT2D eigenvalue weighted by atomic mass is 16.3. The lowest BCUT2D eigenvalue weighted by molar-refractivity contribution is -0.132. The van der Waals surface area contributed by atoms with Crippen LogP contribution in [-0.4, -0.2) is 31.7 Å². The van der Waals surface area contributed by atoms with Gasteiger partial charge in [-0.25, -0.2) is 4.98 Å². The van der Waals surface area contributed by atoms with Gasteiger partial charge in [0, 0.05) is 18.0 Å². The summed E-state index contributed by atoms with van der Waals surface area (Å²) in [5, 5.41) is 11.4. The Morgan fingerprint density at radius 2 is 1.82 bits per heavy atom. The number of hydrogen-bond donors (Lipinski definition) is 2. The molecule has 1 aliphatic carbocycles. The highest BCUT2D eigenvalue weighted by Crippen LogP contribution is 2.41. The number of hydrogen-bond acceptors (Lipinski definition) is 5. The predicted octanol–water partition coefficient (Wildman–Crippen LogP) is 4.46. The summed E-state index contributed by atoms with van der Waals surface area (Å²) in [5.41, 5.74) is 5.07. The Balaban J connectivity index is 1.53. The summed E-state index contributed by atoms with van der Waals surface area (Å²) in [5.74, 6) is -1.42. The summed E-state index contributed by atoms with van der Waals surface area (Å²) in [6.45, 7) is 0. The van der Waals surface area contributed by atoms with Gasteiger partial charge in [-0.3, -0.25) is 19.5 Å². The van der Waals surface area contributed by atoms with E-state index in [-0.39, 0.29) is 17.3 Å². The summed E-state index contributed by atoms with van der Waals surface area (Å²) in [7, 11) is 0. The van der Waals surface area contributed by atoms with E-state index in [1.54, 1.807) is 24.5 Å². The maximum absolute atomic E-state index is 13.3. The highest BCUT2D eigenvalue weighted by Gasteiger charge is 2.48. The van der Waals surface area contributed by atoms with E-state index in [4.69, 9.17) is 0 Å². The van der Waals surface area contributed by atoms with E-state index in [2.05, 4.69) is 15.0 Å². The van der Waals surface area contributed by atoms with Crippen molar-refractivity contribution in [3.8, 4) is 0 Å². The number of pyridine rings is 1. The molecule has 1 atom stereocenters. The molecule has 4 aromatic rings. The van der Waals surface area contributed by atoms with Crippen LogP contribution in [0.5, 0.6) is 0 Å². The second kappa shape index (κ2) is 7.95. The first-order valence-corrected chi connectivity index (χ1v) is 11.4. The summed E-state index contributed by atoms with van der Waals surface area (Å²) < 4.78 is 0. The zero-order chi connectivity index (χ0) is 23.2. The first-order valence-electron chi connectivity index (χ1n) is 11.4. The molecule has 2 aromatic heterocycles. The molecule has 1 amide bonds. The number of anilines is 1. The number of aliphatic hydroxyl groups is 1. The fraction of sp³-hybridized carbons (Fsp3) is 0.185. The lowest BCUT2D eigenvalue weighted by atomic mass is 9.89. The number of Topliss-reactive ketones (excluding diaryl/α,β-unsaturated/α-hetero) is 1. The van der Waals surface area contributed by atoms with Gasteiger partial charge in [-0.1, -0.05) is 30.3 Å². The highest BCUT2D eigenvalue weighted by molar-refractivity contribution is 6.51. The first kappa shape index (κ1) is 20.4. The maximum Gasteiger partial charge on any atom is 0.302 e. The number of aliphatic hydroxyl groups excluding tert-OH is 1. The molecule has 2 aliphatic rings. The quantitative estimate of drug-likeness (QED) is 0.273. The number of benzene rings is 2. The third-order valence-electron chi connectivity index (χ3n) is 6.67. The van der Waals surface area contributed by atoms with Crippen LogP contribution in [-0.2, 0) is 22.4 Å². The molecule has 3 heterocycles. The molecule has 7 heteroatoms. The zero-order valence-corrected chi connectivity index (χ0v) is 18.4. The van der Waals surface area contributed by atoms with Crippen LogP contribution < -0.4 is 4.90 Å². The number of aryl methyl sites for hydroxylation is 2. The number of H-pyrrole nitrogens is 1. The van der Waals surface area contributed by atoms with Gasteiger partial charge in [0.05, 0.1) is 22.6 Å². The van der Waals surface area contributed by atoms with Crippen LogP contribution in [0.1, 0.15) is 41.1 Å². The normalized spacial score (nSPS) is 19.5. The van der Waals surface area contributed by atoms with Crippen LogP contribution in [0.25, 0.3) is 16.8 Å². The van der Waals surface area contributed by atoms with Crippen molar-refractivity contribution >= 4 is 34.4 Å². The van der Waals surface area contributed by atoms with Crippen molar-refractivity contribution in [3.05, 3.63) is 94.8 Å². The fourth-order valence-electron chi connectivity index (χ4n) is 4.99. The van der Waals surface area contributed by atoms with Gasteiger partial charge in [0.1, 0.15) is 5.76 Å². The van der Waals surface area contributed by atoms with Gasteiger partial charge in [0.25, 0.3) is 5.78 Å². The van der Waals surface area contributed by atoms with Crippen LogP contribution in [0.4, 0.5) is 5.95 Å². The molecule has 34 heavy (non-hydrogen) atoms. The molecular weight excluding hydrogens is 428 g/mol. The number of nitrogens with one attached hydrogen (secondary N) is 1. The van der Waals surface area contributed by atoms with Crippen LogP contribution in [0.2, 0.25) is 0 Å². The van der Waals surface area contributed by atoms with Crippen molar-refractivity contribution in [1.82, 2.24) is 15.0 Å². The third kappa shape index (κ3) is 3.20. The number of aromatic amines is 1. The molecule has 0 bridgehead atoms. The van der Waals surface area contributed by atoms with Crippen LogP contribution in [0.15, 0.2) is 72.6 Å². The number of fused-ring (bicyclic) bond motifs is 2. The monoisotopic (exact) mass is 450 g/mol. The van der Waals surface area contributed by atoms with E-state index in [1.807, 2.05) is 42.5 Å². The minimum atomic E-state index is -0.856. The molecule has 0 spiro atoms. The average Bonchev–Trinajstić information content (AvgIpc) is 3.42. The summed E-state index contributed by atoms with van der Waals surface area (Å²) in [6.07, 6.45) is 7.44. The van der Waals surface area contributed by atoms with Crippen LogP contribution in [0.3, 0.4) is 0 Å². The van der Waals surface area contributed by atoms with E-state index in [0.29, 0.717) is 16.6 Å². The Kier molecular flexibility index (Phi) is 4.76. The van der Waals surface area contributed by atoms with Gasteiger partial charge in [0.2, 0.25) is 5.95 Å². The third-order valence-corrected chi connectivity index (χ3v) is 6.67. The summed E-state index contributed by atoms with van der Waals surface area (Å²) in [6, 6.07) is 15.9. The maximum atomic E-state index is 13.3. The van der Waals surface area contributed by atoms with Crippen molar-refractivity contribution < 1.29 is 14.7 Å². The molecule has 2 aromatic carbocycles.